The molecule has 2 nitrogen and oxygen atoms in total. The van der Waals surface area contributed by atoms with Crippen LogP contribution in [0.2, 0.25) is 0 Å². The lowest BCUT2D eigenvalue weighted by Gasteiger charge is -2.16. The topological polar surface area (TPSA) is 29.1 Å². The van der Waals surface area contributed by atoms with Crippen LogP contribution >= 0.6 is 0 Å². The summed E-state index contributed by atoms with van der Waals surface area (Å²) in [5.74, 6) is -0.740. The zero-order chi connectivity index (χ0) is 21.1. The molecule has 0 unspecified atom stereocenters. The average molecular weight is 393 g/mol. The molecule has 1 N–H and O–H groups in total. The summed E-state index contributed by atoms with van der Waals surface area (Å²) in [6, 6.07) is 7.25. The molecule has 0 aliphatic carbocycles. The van der Waals surface area contributed by atoms with Crippen LogP contribution in [0.1, 0.15) is 43.9 Å². The number of allylic oxidation sites excluding steroid dienone is 1. The Morgan fingerprint density at radius 1 is 1.07 bits per heavy atom. The lowest BCUT2D eigenvalue weighted by molar-refractivity contribution is -0.137. The SMILES string of the molecule is CCCNC(=O)/C(C)=C(\C)c1cc(F)cc(-c2ccc(C(F)(F)F)cc2)c1C. The van der Waals surface area contributed by atoms with Crippen LogP contribution in [0, 0.1) is 12.7 Å². The van der Waals surface area contributed by atoms with E-state index in [2.05, 4.69) is 5.32 Å². The van der Waals surface area contributed by atoms with E-state index in [-0.39, 0.29) is 5.91 Å². The van der Waals surface area contributed by atoms with Crippen molar-refractivity contribution in [2.24, 2.45) is 0 Å². The van der Waals surface area contributed by atoms with Gasteiger partial charge in [0.2, 0.25) is 5.91 Å². The van der Waals surface area contributed by atoms with Crippen LogP contribution in [-0.2, 0) is 11.0 Å². The van der Waals surface area contributed by atoms with Gasteiger partial charge in [0.25, 0.3) is 0 Å². The lowest BCUT2D eigenvalue weighted by atomic mass is 9.90. The van der Waals surface area contributed by atoms with Gasteiger partial charge in [-0.2, -0.15) is 13.2 Å². The first kappa shape index (κ1) is 21.7. The molecule has 2 aromatic rings. The predicted molar refractivity (Wildman–Crippen MR) is 103 cm³/mol. The van der Waals surface area contributed by atoms with Gasteiger partial charge in [0, 0.05) is 12.1 Å². The van der Waals surface area contributed by atoms with Crippen LogP contribution in [0.4, 0.5) is 17.6 Å². The Hall–Kier alpha value is -2.63. The van der Waals surface area contributed by atoms with Gasteiger partial charge in [-0.15, -0.1) is 0 Å². The molecule has 0 fully saturated rings. The van der Waals surface area contributed by atoms with E-state index in [1.807, 2.05) is 6.92 Å². The Kier molecular flexibility index (Phi) is 6.65. The molecule has 0 aromatic heterocycles. The molecule has 0 heterocycles. The average Bonchev–Trinajstić information content (AvgIpc) is 2.65. The van der Waals surface area contributed by atoms with Crippen molar-refractivity contribution in [2.45, 2.75) is 40.3 Å². The van der Waals surface area contributed by atoms with E-state index in [9.17, 15) is 22.4 Å². The number of amides is 1. The summed E-state index contributed by atoms with van der Waals surface area (Å²) in [5.41, 5.74) is 2.56. The summed E-state index contributed by atoms with van der Waals surface area (Å²) in [6.45, 7) is 7.66. The van der Waals surface area contributed by atoms with Gasteiger partial charge in [0.1, 0.15) is 5.82 Å². The maximum atomic E-state index is 14.3. The van der Waals surface area contributed by atoms with Gasteiger partial charge in [-0.05, 0) is 79.3 Å². The van der Waals surface area contributed by atoms with Crippen LogP contribution in [0.15, 0.2) is 42.0 Å². The van der Waals surface area contributed by atoms with Crippen LogP contribution < -0.4 is 5.32 Å². The van der Waals surface area contributed by atoms with E-state index in [1.165, 1.54) is 24.3 Å². The Bertz CT molecular complexity index is 896. The molecule has 0 bridgehead atoms. The molecule has 0 radical (unpaired) electrons. The highest BCUT2D eigenvalue weighted by Crippen LogP contribution is 2.34. The Balaban J connectivity index is 2.51. The van der Waals surface area contributed by atoms with E-state index in [0.29, 0.717) is 39.9 Å². The molecule has 150 valence electrons. The summed E-state index contributed by atoms with van der Waals surface area (Å²) < 4.78 is 52.6. The molecule has 0 aliphatic heterocycles. The third-order valence-electron chi connectivity index (χ3n) is 4.74. The number of nitrogens with one attached hydrogen (secondary N) is 1. The van der Waals surface area contributed by atoms with Crippen molar-refractivity contribution in [3.05, 3.63) is 64.5 Å². The molecular weight excluding hydrogens is 370 g/mol. The molecule has 6 heteroatoms. The molecule has 2 aromatic carbocycles. The van der Waals surface area contributed by atoms with Gasteiger partial charge in [-0.3, -0.25) is 4.79 Å². The Morgan fingerprint density at radius 3 is 2.21 bits per heavy atom. The minimum absolute atomic E-state index is 0.223. The van der Waals surface area contributed by atoms with Crippen molar-refractivity contribution in [1.29, 1.82) is 0 Å². The first-order chi connectivity index (χ1) is 13.1. The van der Waals surface area contributed by atoms with Crippen LogP contribution in [0.5, 0.6) is 0 Å². The molecule has 28 heavy (non-hydrogen) atoms. The van der Waals surface area contributed by atoms with Gasteiger partial charge in [-0.25, -0.2) is 4.39 Å². The van der Waals surface area contributed by atoms with E-state index in [1.54, 1.807) is 20.8 Å². The number of carbonyl (C=O) groups is 1. The van der Waals surface area contributed by atoms with Gasteiger partial charge in [0.05, 0.1) is 5.56 Å². The number of carbonyl (C=O) groups excluding carboxylic acids is 1. The second-order valence-corrected chi connectivity index (χ2v) is 6.71. The van der Waals surface area contributed by atoms with Gasteiger partial charge in [0.15, 0.2) is 0 Å². The van der Waals surface area contributed by atoms with Crippen molar-refractivity contribution < 1.29 is 22.4 Å². The highest BCUT2D eigenvalue weighted by molar-refractivity contribution is 6.00. The number of hydrogen-bond donors (Lipinski definition) is 1. The minimum atomic E-state index is -4.43. The van der Waals surface area contributed by atoms with E-state index in [0.717, 1.165) is 18.6 Å². The highest BCUT2D eigenvalue weighted by atomic mass is 19.4. The van der Waals surface area contributed by atoms with Crippen LogP contribution in [0.25, 0.3) is 16.7 Å². The van der Waals surface area contributed by atoms with Crippen molar-refractivity contribution in [1.82, 2.24) is 5.32 Å². The third kappa shape index (κ3) is 4.80. The van der Waals surface area contributed by atoms with Gasteiger partial charge < -0.3 is 5.32 Å². The standard InChI is InChI=1S/C22H23F4NO/c1-5-10-27-21(28)14(3)13(2)19-11-18(23)12-20(15(19)4)16-6-8-17(9-7-16)22(24,25)26/h6-9,11-12H,5,10H2,1-4H3,(H,27,28)/b14-13+. The third-order valence-corrected chi connectivity index (χ3v) is 4.74. The normalized spacial score (nSPS) is 12.6. The number of alkyl halides is 3. The number of halogens is 4. The quantitative estimate of drug-likeness (QED) is 0.480. The van der Waals surface area contributed by atoms with E-state index < -0.39 is 17.6 Å². The molecule has 0 spiro atoms. The molecule has 1 amide bonds. The van der Waals surface area contributed by atoms with Crippen LogP contribution in [-0.4, -0.2) is 12.5 Å². The first-order valence-electron chi connectivity index (χ1n) is 9.00. The molecular formula is C22H23F4NO. The number of hydrogen-bond acceptors (Lipinski definition) is 1. The fourth-order valence-electron chi connectivity index (χ4n) is 2.95. The molecule has 0 atom stereocenters. The highest BCUT2D eigenvalue weighted by Gasteiger charge is 2.30. The summed E-state index contributed by atoms with van der Waals surface area (Å²) in [4.78, 5) is 12.2. The second kappa shape index (κ2) is 8.59. The smallest absolute Gasteiger partial charge is 0.352 e. The van der Waals surface area contributed by atoms with Crippen LogP contribution in [0.3, 0.4) is 0 Å². The summed E-state index contributed by atoms with van der Waals surface area (Å²) in [5, 5.41) is 2.79. The Labute approximate surface area is 162 Å². The summed E-state index contributed by atoms with van der Waals surface area (Å²) >= 11 is 0. The lowest BCUT2D eigenvalue weighted by Crippen LogP contribution is -2.25. The van der Waals surface area contributed by atoms with Gasteiger partial charge >= 0.3 is 6.18 Å². The zero-order valence-electron chi connectivity index (χ0n) is 16.3. The monoisotopic (exact) mass is 393 g/mol. The fourth-order valence-corrected chi connectivity index (χ4v) is 2.95. The van der Waals surface area contributed by atoms with Crippen molar-refractivity contribution in [3.63, 3.8) is 0 Å². The predicted octanol–water partition coefficient (Wildman–Crippen LogP) is 6.14. The molecule has 2 rings (SSSR count). The van der Waals surface area contributed by atoms with Crippen molar-refractivity contribution in [3.8, 4) is 11.1 Å². The van der Waals surface area contributed by atoms with E-state index >= 15 is 0 Å². The maximum absolute atomic E-state index is 14.3. The van der Waals surface area contributed by atoms with Crippen molar-refractivity contribution in [2.75, 3.05) is 6.54 Å². The summed E-state index contributed by atoms with van der Waals surface area (Å²) in [6.07, 6.45) is -3.63. The number of benzene rings is 2. The van der Waals surface area contributed by atoms with E-state index in [4.69, 9.17) is 0 Å². The first-order valence-corrected chi connectivity index (χ1v) is 9.00. The Morgan fingerprint density at radius 2 is 1.68 bits per heavy atom. The zero-order valence-corrected chi connectivity index (χ0v) is 16.3. The summed E-state index contributed by atoms with van der Waals surface area (Å²) in [7, 11) is 0. The fraction of sp³-hybridized carbons (Fsp3) is 0.318. The maximum Gasteiger partial charge on any atom is 0.416 e. The molecule has 0 saturated heterocycles. The minimum Gasteiger partial charge on any atom is -0.352 e. The van der Waals surface area contributed by atoms with Crippen molar-refractivity contribution >= 4 is 11.5 Å². The molecule has 0 aliphatic rings. The largest absolute Gasteiger partial charge is 0.416 e. The number of rotatable bonds is 5. The second-order valence-electron chi connectivity index (χ2n) is 6.71. The molecule has 0 saturated carbocycles. The van der Waals surface area contributed by atoms with Gasteiger partial charge in [-0.1, -0.05) is 19.1 Å².